The highest BCUT2D eigenvalue weighted by Crippen LogP contribution is 2.29. The summed E-state index contributed by atoms with van der Waals surface area (Å²) in [6.45, 7) is 0.155. The van der Waals surface area contributed by atoms with Crippen molar-refractivity contribution in [1.29, 1.82) is 0 Å². The van der Waals surface area contributed by atoms with Crippen LogP contribution in [0, 0.1) is 5.82 Å². The standard InChI is InChI=1S/C14H9BrClFO2/c15-12-3-1-2-9(7-18)14(12)19-8-10-4-5-11(17)6-13(10)16/h1-7H,8H2. The molecule has 0 unspecified atom stereocenters. The Kier molecular flexibility index (Phi) is 4.56. The van der Waals surface area contributed by atoms with Crippen molar-refractivity contribution in [3.05, 3.63) is 62.8 Å². The summed E-state index contributed by atoms with van der Waals surface area (Å²) >= 11 is 9.22. The number of benzene rings is 2. The fourth-order valence-electron chi connectivity index (χ4n) is 1.56. The fourth-order valence-corrected chi connectivity index (χ4v) is 2.28. The zero-order chi connectivity index (χ0) is 13.8. The lowest BCUT2D eigenvalue weighted by molar-refractivity contribution is 0.111. The molecule has 19 heavy (non-hydrogen) atoms. The van der Waals surface area contributed by atoms with Crippen LogP contribution in [0.1, 0.15) is 15.9 Å². The largest absolute Gasteiger partial charge is 0.487 e. The molecule has 0 aliphatic rings. The molecule has 0 aliphatic carbocycles. The summed E-state index contributed by atoms with van der Waals surface area (Å²) in [5.41, 5.74) is 1.09. The predicted molar refractivity (Wildman–Crippen MR) is 75.3 cm³/mol. The highest BCUT2D eigenvalue weighted by atomic mass is 79.9. The quantitative estimate of drug-likeness (QED) is 0.756. The normalized spacial score (nSPS) is 10.3. The Hall–Kier alpha value is -1.39. The van der Waals surface area contributed by atoms with Crippen LogP contribution in [0.15, 0.2) is 40.9 Å². The van der Waals surface area contributed by atoms with E-state index in [9.17, 15) is 9.18 Å². The molecule has 0 aromatic heterocycles. The smallest absolute Gasteiger partial charge is 0.153 e. The predicted octanol–water partition coefficient (Wildman–Crippen LogP) is 4.63. The van der Waals surface area contributed by atoms with Gasteiger partial charge in [-0.3, -0.25) is 4.79 Å². The zero-order valence-corrected chi connectivity index (χ0v) is 12.0. The SMILES string of the molecule is O=Cc1cccc(Br)c1OCc1ccc(F)cc1Cl. The first-order chi connectivity index (χ1) is 9.11. The van der Waals surface area contributed by atoms with E-state index in [1.165, 1.54) is 12.1 Å². The van der Waals surface area contributed by atoms with E-state index in [1.807, 2.05) is 0 Å². The average Bonchev–Trinajstić information content (AvgIpc) is 2.39. The van der Waals surface area contributed by atoms with E-state index >= 15 is 0 Å². The van der Waals surface area contributed by atoms with Crippen LogP contribution in [0.25, 0.3) is 0 Å². The molecule has 2 nitrogen and oxygen atoms in total. The molecule has 0 saturated heterocycles. The van der Waals surface area contributed by atoms with Crippen molar-refractivity contribution in [1.82, 2.24) is 0 Å². The minimum Gasteiger partial charge on any atom is -0.487 e. The zero-order valence-electron chi connectivity index (χ0n) is 9.70. The van der Waals surface area contributed by atoms with Crippen molar-refractivity contribution in [3.8, 4) is 5.75 Å². The second-order valence-electron chi connectivity index (χ2n) is 3.80. The molecule has 0 aliphatic heterocycles. The first-order valence-corrected chi connectivity index (χ1v) is 6.59. The van der Waals surface area contributed by atoms with E-state index in [2.05, 4.69) is 15.9 Å². The molecule has 2 rings (SSSR count). The van der Waals surface area contributed by atoms with Crippen LogP contribution in [0.4, 0.5) is 4.39 Å². The van der Waals surface area contributed by atoms with Crippen LogP contribution < -0.4 is 4.74 Å². The molecule has 98 valence electrons. The lowest BCUT2D eigenvalue weighted by Crippen LogP contribution is -2.00. The van der Waals surface area contributed by atoms with Gasteiger partial charge in [-0.15, -0.1) is 0 Å². The fraction of sp³-hybridized carbons (Fsp3) is 0.0714. The van der Waals surface area contributed by atoms with Gasteiger partial charge in [0.25, 0.3) is 0 Å². The van der Waals surface area contributed by atoms with Gasteiger partial charge in [0.05, 0.1) is 15.1 Å². The van der Waals surface area contributed by atoms with Crippen molar-refractivity contribution in [2.24, 2.45) is 0 Å². The van der Waals surface area contributed by atoms with Gasteiger partial charge in [0.2, 0.25) is 0 Å². The van der Waals surface area contributed by atoms with Crippen LogP contribution in [0.3, 0.4) is 0 Å². The van der Waals surface area contributed by atoms with Crippen molar-refractivity contribution < 1.29 is 13.9 Å². The minimum absolute atomic E-state index is 0.155. The number of carbonyl (C=O) groups is 1. The van der Waals surface area contributed by atoms with Gasteiger partial charge in [0.1, 0.15) is 18.2 Å². The highest BCUT2D eigenvalue weighted by Gasteiger charge is 2.09. The monoisotopic (exact) mass is 342 g/mol. The van der Waals surface area contributed by atoms with E-state index < -0.39 is 5.82 Å². The maximum absolute atomic E-state index is 12.9. The summed E-state index contributed by atoms with van der Waals surface area (Å²) in [4.78, 5) is 10.9. The van der Waals surface area contributed by atoms with Crippen LogP contribution in [-0.4, -0.2) is 6.29 Å². The Labute approximate surface area is 123 Å². The molecule has 0 radical (unpaired) electrons. The van der Waals surface area contributed by atoms with Crippen LogP contribution >= 0.6 is 27.5 Å². The van der Waals surface area contributed by atoms with Gasteiger partial charge in [0.15, 0.2) is 6.29 Å². The lowest BCUT2D eigenvalue weighted by atomic mass is 10.2. The summed E-state index contributed by atoms with van der Waals surface area (Å²) in [7, 11) is 0. The molecule has 0 fully saturated rings. The number of aldehydes is 1. The second-order valence-corrected chi connectivity index (χ2v) is 5.06. The van der Waals surface area contributed by atoms with Gasteiger partial charge in [-0.2, -0.15) is 0 Å². The number of carbonyl (C=O) groups excluding carboxylic acids is 1. The molecule has 0 spiro atoms. The Morgan fingerprint density at radius 2 is 2.11 bits per heavy atom. The first kappa shape index (κ1) is 14.0. The lowest BCUT2D eigenvalue weighted by Gasteiger charge is -2.11. The number of halogens is 3. The van der Waals surface area contributed by atoms with E-state index in [0.717, 1.165) is 0 Å². The molecular formula is C14H9BrClFO2. The number of hydrogen-bond donors (Lipinski definition) is 0. The average molecular weight is 344 g/mol. The molecule has 0 heterocycles. The van der Waals surface area contributed by atoms with Crippen molar-refractivity contribution in [2.75, 3.05) is 0 Å². The van der Waals surface area contributed by atoms with Crippen molar-refractivity contribution >= 4 is 33.8 Å². The number of rotatable bonds is 4. The van der Waals surface area contributed by atoms with Gasteiger partial charge in [0, 0.05) is 5.56 Å². The molecule has 0 bridgehead atoms. The number of ether oxygens (including phenoxy) is 1. The summed E-state index contributed by atoms with van der Waals surface area (Å²) in [5.74, 6) is 0.0427. The summed E-state index contributed by atoms with van der Waals surface area (Å²) in [6.07, 6.45) is 0.715. The summed E-state index contributed by atoms with van der Waals surface area (Å²) < 4.78 is 19.2. The maximum atomic E-state index is 12.9. The Balaban J connectivity index is 2.21. The third kappa shape index (κ3) is 3.33. The van der Waals surface area contributed by atoms with Crippen molar-refractivity contribution in [2.45, 2.75) is 6.61 Å². The van der Waals surface area contributed by atoms with Gasteiger partial charge >= 0.3 is 0 Å². The number of para-hydroxylation sites is 1. The van der Waals surface area contributed by atoms with Crippen LogP contribution in [0.5, 0.6) is 5.75 Å². The van der Waals surface area contributed by atoms with Gasteiger partial charge < -0.3 is 4.74 Å². The molecule has 2 aromatic carbocycles. The Morgan fingerprint density at radius 3 is 2.79 bits per heavy atom. The second kappa shape index (κ2) is 6.17. The van der Waals surface area contributed by atoms with E-state index in [0.29, 0.717) is 32.7 Å². The molecular weight excluding hydrogens is 335 g/mol. The molecule has 0 amide bonds. The van der Waals surface area contributed by atoms with Gasteiger partial charge in [-0.05, 0) is 40.2 Å². The van der Waals surface area contributed by atoms with E-state index in [1.54, 1.807) is 24.3 Å². The summed E-state index contributed by atoms with van der Waals surface area (Å²) in [5, 5.41) is 0.291. The van der Waals surface area contributed by atoms with Crippen LogP contribution in [0.2, 0.25) is 5.02 Å². The molecule has 0 atom stereocenters. The topological polar surface area (TPSA) is 26.3 Å². The minimum atomic E-state index is -0.400. The first-order valence-electron chi connectivity index (χ1n) is 5.42. The summed E-state index contributed by atoms with van der Waals surface area (Å²) in [6, 6.07) is 9.25. The molecule has 0 N–H and O–H groups in total. The Morgan fingerprint density at radius 1 is 1.32 bits per heavy atom. The molecule has 2 aromatic rings. The maximum Gasteiger partial charge on any atom is 0.153 e. The molecule has 0 saturated carbocycles. The van der Waals surface area contributed by atoms with Gasteiger partial charge in [-0.25, -0.2) is 4.39 Å². The highest BCUT2D eigenvalue weighted by molar-refractivity contribution is 9.10. The van der Waals surface area contributed by atoms with E-state index in [4.69, 9.17) is 16.3 Å². The third-order valence-corrected chi connectivity index (χ3v) is 3.49. The van der Waals surface area contributed by atoms with Gasteiger partial charge in [-0.1, -0.05) is 23.7 Å². The van der Waals surface area contributed by atoms with E-state index in [-0.39, 0.29) is 6.61 Å². The molecule has 5 heteroatoms. The van der Waals surface area contributed by atoms with Crippen LogP contribution in [-0.2, 0) is 6.61 Å². The number of hydrogen-bond acceptors (Lipinski definition) is 2. The third-order valence-electron chi connectivity index (χ3n) is 2.51. The Bertz CT molecular complexity index is 616. The van der Waals surface area contributed by atoms with Crippen molar-refractivity contribution in [3.63, 3.8) is 0 Å².